The van der Waals surface area contributed by atoms with Gasteiger partial charge < -0.3 is 15.0 Å². The number of ether oxygens (including phenoxy) is 1. The van der Waals surface area contributed by atoms with E-state index in [9.17, 15) is 14.0 Å². The maximum Gasteiger partial charge on any atom is 0.407 e. The number of halogens is 2. The Morgan fingerprint density at radius 3 is 2.70 bits per heavy atom. The normalized spacial score (nSPS) is 18.0. The molecule has 1 aromatic rings. The summed E-state index contributed by atoms with van der Waals surface area (Å²) < 4.78 is 18.7. The van der Waals surface area contributed by atoms with Crippen molar-refractivity contribution in [3.05, 3.63) is 34.1 Å². The number of nitrogens with zero attached hydrogens (tertiary/aromatic N) is 1. The van der Waals surface area contributed by atoms with Crippen LogP contribution in [0.1, 0.15) is 37.6 Å². The van der Waals surface area contributed by atoms with Gasteiger partial charge in [-0.3, -0.25) is 4.79 Å². The highest BCUT2D eigenvalue weighted by Gasteiger charge is 2.30. The van der Waals surface area contributed by atoms with Crippen molar-refractivity contribution in [3.8, 4) is 0 Å². The minimum absolute atomic E-state index is 0.145. The molecule has 0 bridgehead atoms. The smallest absolute Gasteiger partial charge is 0.407 e. The molecule has 5 nitrogen and oxygen atoms in total. The summed E-state index contributed by atoms with van der Waals surface area (Å²) >= 11 is 3.21. The van der Waals surface area contributed by atoms with Crippen LogP contribution in [0, 0.1) is 5.82 Å². The summed E-state index contributed by atoms with van der Waals surface area (Å²) in [5.41, 5.74) is -0.152. The Kier molecular flexibility index (Phi) is 5.29. The number of carbonyl (C=O) groups is 2. The maximum atomic E-state index is 13.1. The van der Waals surface area contributed by atoms with Gasteiger partial charge in [-0.25, -0.2) is 9.18 Å². The molecule has 1 heterocycles. The Morgan fingerprint density at radius 2 is 2.09 bits per heavy atom. The van der Waals surface area contributed by atoms with Crippen LogP contribution in [0.2, 0.25) is 0 Å². The molecule has 1 aliphatic rings. The number of hydrogen-bond donors (Lipinski definition) is 1. The first kappa shape index (κ1) is 17.7. The molecule has 1 N–H and O–H groups in total. The van der Waals surface area contributed by atoms with E-state index in [2.05, 4.69) is 21.2 Å². The first-order valence-corrected chi connectivity index (χ1v) is 8.19. The van der Waals surface area contributed by atoms with E-state index < -0.39 is 17.5 Å². The molecule has 1 fully saturated rings. The third-order valence-electron chi connectivity index (χ3n) is 3.36. The molecule has 2 rings (SSSR count). The molecule has 2 amide bonds. The molecule has 7 heteroatoms. The Bertz CT molecular complexity index is 616. The second kappa shape index (κ2) is 6.86. The van der Waals surface area contributed by atoms with Crippen LogP contribution >= 0.6 is 15.9 Å². The minimum atomic E-state index is -0.558. The second-order valence-corrected chi connectivity index (χ2v) is 7.36. The summed E-state index contributed by atoms with van der Waals surface area (Å²) in [4.78, 5) is 25.9. The van der Waals surface area contributed by atoms with E-state index in [4.69, 9.17) is 4.74 Å². The Balaban J connectivity index is 1.94. The van der Waals surface area contributed by atoms with Crippen molar-refractivity contribution in [3.63, 3.8) is 0 Å². The lowest BCUT2D eigenvalue weighted by Crippen LogP contribution is -2.41. The van der Waals surface area contributed by atoms with Crippen molar-refractivity contribution in [1.29, 1.82) is 0 Å². The Morgan fingerprint density at radius 1 is 1.39 bits per heavy atom. The zero-order valence-corrected chi connectivity index (χ0v) is 14.9. The summed E-state index contributed by atoms with van der Waals surface area (Å²) in [5, 5.41) is 2.77. The van der Waals surface area contributed by atoms with Crippen LogP contribution in [-0.4, -0.2) is 41.6 Å². The predicted octanol–water partition coefficient (Wildman–Crippen LogP) is 3.33. The van der Waals surface area contributed by atoms with Gasteiger partial charge >= 0.3 is 6.09 Å². The fourth-order valence-electron chi connectivity index (χ4n) is 2.37. The molecule has 1 aromatic carbocycles. The van der Waals surface area contributed by atoms with Gasteiger partial charge in [0.25, 0.3) is 5.91 Å². The van der Waals surface area contributed by atoms with Crippen molar-refractivity contribution < 1.29 is 18.7 Å². The molecule has 1 unspecified atom stereocenters. The summed E-state index contributed by atoms with van der Waals surface area (Å²) in [6.07, 6.45) is 0.170. The molecule has 126 valence electrons. The van der Waals surface area contributed by atoms with E-state index in [0.717, 1.165) is 0 Å². The van der Waals surface area contributed by atoms with Crippen LogP contribution in [0.4, 0.5) is 9.18 Å². The maximum absolute atomic E-state index is 13.1. The first-order valence-electron chi connectivity index (χ1n) is 7.39. The number of alkyl carbamates (subject to hydrolysis) is 1. The predicted molar refractivity (Wildman–Crippen MR) is 87.8 cm³/mol. The second-order valence-electron chi connectivity index (χ2n) is 6.51. The zero-order chi connectivity index (χ0) is 17.2. The van der Waals surface area contributed by atoms with Gasteiger partial charge in [-0.1, -0.05) is 0 Å². The molecule has 0 saturated carbocycles. The van der Waals surface area contributed by atoms with Crippen LogP contribution < -0.4 is 5.32 Å². The molecule has 0 radical (unpaired) electrons. The average molecular weight is 387 g/mol. The van der Waals surface area contributed by atoms with Gasteiger partial charge in [-0.2, -0.15) is 0 Å². The van der Waals surface area contributed by atoms with Crippen molar-refractivity contribution in [2.24, 2.45) is 0 Å². The quantitative estimate of drug-likeness (QED) is 0.847. The minimum Gasteiger partial charge on any atom is -0.444 e. The lowest BCUT2D eigenvalue weighted by atomic mass is 10.2. The summed E-state index contributed by atoms with van der Waals surface area (Å²) in [7, 11) is 0. The fourth-order valence-corrected chi connectivity index (χ4v) is 2.89. The number of amides is 2. The molecule has 1 saturated heterocycles. The van der Waals surface area contributed by atoms with Gasteiger partial charge in [-0.15, -0.1) is 0 Å². The Labute approximate surface area is 143 Å². The lowest BCUT2D eigenvalue weighted by Gasteiger charge is -2.22. The third-order valence-corrected chi connectivity index (χ3v) is 4.01. The Hall–Kier alpha value is -1.63. The number of likely N-dealkylation sites (tertiary alicyclic amines) is 1. The van der Waals surface area contributed by atoms with Crippen molar-refractivity contribution in [1.82, 2.24) is 10.2 Å². The molecular weight excluding hydrogens is 367 g/mol. The zero-order valence-electron chi connectivity index (χ0n) is 13.4. The number of hydrogen-bond acceptors (Lipinski definition) is 3. The van der Waals surface area contributed by atoms with E-state index in [0.29, 0.717) is 29.5 Å². The van der Waals surface area contributed by atoms with Crippen molar-refractivity contribution in [2.45, 2.75) is 38.8 Å². The van der Waals surface area contributed by atoms with Gasteiger partial charge in [0.1, 0.15) is 11.4 Å². The molecule has 1 atom stereocenters. The van der Waals surface area contributed by atoms with Crippen molar-refractivity contribution >= 4 is 27.9 Å². The van der Waals surface area contributed by atoms with E-state index in [-0.39, 0.29) is 11.9 Å². The van der Waals surface area contributed by atoms with Gasteiger partial charge in [0.05, 0.1) is 11.6 Å². The third kappa shape index (κ3) is 4.92. The summed E-state index contributed by atoms with van der Waals surface area (Å²) in [6, 6.07) is 3.83. The van der Waals surface area contributed by atoms with Gasteiger partial charge in [0, 0.05) is 17.6 Å². The monoisotopic (exact) mass is 386 g/mol. The largest absolute Gasteiger partial charge is 0.444 e. The van der Waals surface area contributed by atoms with Crippen LogP contribution in [0.25, 0.3) is 0 Å². The van der Waals surface area contributed by atoms with Gasteiger partial charge in [-0.05, 0) is 61.3 Å². The van der Waals surface area contributed by atoms with E-state index >= 15 is 0 Å². The number of rotatable bonds is 2. The molecule has 1 aliphatic heterocycles. The SMILES string of the molecule is CC(C)(C)OC(=O)NC1CCN(C(=O)c2ccc(F)cc2Br)C1. The van der Waals surface area contributed by atoms with E-state index in [1.165, 1.54) is 18.2 Å². The van der Waals surface area contributed by atoms with Crippen LogP contribution in [0.15, 0.2) is 22.7 Å². The molecule has 0 aromatic heterocycles. The molecule has 23 heavy (non-hydrogen) atoms. The lowest BCUT2D eigenvalue weighted by molar-refractivity contribution is 0.0502. The highest BCUT2D eigenvalue weighted by Crippen LogP contribution is 2.22. The number of benzene rings is 1. The molecule has 0 spiro atoms. The topological polar surface area (TPSA) is 58.6 Å². The molecular formula is C16H20BrFN2O3. The first-order chi connectivity index (χ1) is 10.7. The average Bonchev–Trinajstić information content (AvgIpc) is 2.84. The summed E-state index contributed by atoms with van der Waals surface area (Å²) in [5.74, 6) is -0.593. The standard InChI is InChI=1S/C16H20BrFN2O3/c1-16(2,3)23-15(22)19-11-6-7-20(9-11)14(21)12-5-4-10(18)8-13(12)17/h4-5,8,11H,6-7,9H2,1-3H3,(H,19,22). The summed E-state index contributed by atoms with van der Waals surface area (Å²) in [6.45, 7) is 6.32. The highest BCUT2D eigenvalue weighted by molar-refractivity contribution is 9.10. The van der Waals surface area contributed by atoms with Crippen LogP contribution in [-0.2, 0) is 4.74 Å². The number of carbonyl (C=O) groups excluding carboxylic acids is 2. The number of nitrogens with one attached hydrogen (secondary N) is 1. The highest BCUT2D eigenvalue weighted by atomic mass is 79.9. The van der Waals surface area contributed by atoms with Gasteiger partial charge in [0.2, 0.25) is 0 Å². The van der Waals surface area contributed by atoms with Crippen LogP contribution in [0.5, 0.6) is 0 Å². The van der Waals surface area contributed by atoms with E-state index in [1.54, 1.807) is 25.7 Å². The van der Waals surface area contributed by atoms with Crippen molar-refractivity contribution in [2.75, 3.05) is 13.1 Å². The van der Waals surface area contributed by atoms with Gasteiger partial charge in [0.15, 0.2) is 0 Å². The fraction of sp³-hybridized carbons (Fsp3) is 0.500. The van der Waals surface area contributed by atoms with Crippen LogP contribution in [0.3, 0.4) is 0 Å². The molecule has 0 aliphatic carbocycles. The van der Waals surface area contributed by atoms with E-state index in [1.807, 2.05) is 0 Å².